The van der Waals surface area contributed by atoms with E-state index in [1.165, 1.54) is 6.20 Å². The minimum Gasteiger partial charge on any atom is -0.378 e. The molecule has 3 rings (SSSR count). The summed E-state index contributed by atoms with van der Waals surface area (Å²) < 4.78 is 8.86. The van der Waals surface area contributed by atoms with Gasteiger partial charge in [0.15, 0.2) is 0 Å². The van der Waals surface area contributed by atoms with Gasteiger partial charge in [-0.1, -0.05) is 11.6 Å². The van der Waals surface area contributed by atoms with Crippen molar-refractivity contribution in [1.29, 1.82) is 0 Å². The summed E-state index contributed by atoms with van der Waals surface area (Å²) in [6, 6.07) is -0.0714. The molecular formula is C14H18ClN5O2. The number of hydrogen-bond acceptors (Lipinski definition) is 4. The van der Waals surface area contributed by atoms with Crippen LogP contribution in [0, 0.1) is 0 Å². The average Bonchev–Trinajstić information content (AvgIpc) is 3.07. The van der Waals surface area contributed by atoms with E-state index >= 15 is 0 Å². The fraction of sp³-hybridized carbons (Fsp3) is 0.500. The first-order chi connectivity index (χ1) is 10.6. The molecule has 0 saturated heterocycles. The van der Waals surface area contributed by atoms with Gasteiger partial charge in [-0.25, -0.2) is 4.98 Å². The normalized spacial score (nSPS) is 17.6. The number of carbonyl (C=O) groups excluding carboxylic acids is 1. The number of rotatable bonds is 4. The molecule has 1 amide bonds. The molecule has 0 aliphatic carbocycles. The lowest BCUT2D eigenvalue weighted by Gasteiger charge is -2.34. The van der Waals surface area contributed by atoms with Crippen molar-refractivity contribution >= 4 is 17.5 Å². The van der Waals surface area contributed by atoms with E-state index in [0.717, 1.165) is 18.1 Å². The molecular weight excluding hydrogens is 306 g/mol. The Morgan fingerprint density at radius 2 is 2.27 bits per heavy atom. The minimum absolute atomic E-state index is 0.00908. The summed E-state index contributed by atoms with van der Waals surface area (Å²) in [6.07, 6.45) is 4.99. The van der Waals surface area contributed by atoms with Crippen molar-refractivity contribution in [2.75, 3.05) is 13.7 Å². The molecule has 0 radical (unpaired) electrons. The van der Waals surface area contributed by atoms with Crippen molar-refractivity contribution in [3.8, 4) is 0 Å². The van der Waals surface area contributed by atoms with E-state index in [4.69, 9.17) is 16.3 Å². The molecule has 2 aromatic heterocycles. The van der Waals surface area contributed by atoms with Crippen LogP contribution in [0.25, 0.3) is 0 Å². The van der Waals surface area contributed by atoms with E-state index in [1.807, 2.05) is 18.0 Å². The minimum atomic E-state index is -0.0714. The first kappa shape index (κ1) is 15.1. The van der Waals surface area contributed by atoms with E-state index < -0.39 is 0 Å². The van der Waals surface area contributed by atoms with Gasteiger partial charge in [0, 0.05) is 26.4 Å². The van der Waals surface area contributed by atoms with Crippen molar-refractivity contribution in [2.24, 2.45) is 0 Å². The first-order valence-corrected chi connectivity index (χ1v) is 7.48. The van der Waals surface area contributed by atoms with Gasteiger partial charge in [0.1, 0.15) is 12.4 Å². The van der Waals surface area contributed by atoms with Crippen LogP contribution >= 0.6 is 11.6 Å². The summed E-state index contributed by atoms with van der Waals surface area (Å²) >= 11 is 5.82. The SMILES string of the molecule is COCc1cnc2n1CCN(C(=O)Cn1cc(Cl)cn1)C2C. The maximum absolute atomic E-state index is 12.5. The smallest absolute Gasteiger partial charge is 0.244 e. The van der Waals surface area contributed by atoms with Gasteiger partial charge in [0.2, 0.25) is 5.91 Å². The second kappa shape index (κ2) is 6.10. The van der Waals surface area contributed by atoms with Crippen LogP contribution in [0.15, 0.2) is 18.6 Å². The highest BCUT2D eigenvalue weighted by atomic mass is 35.5. The molecule has 1 aliphatic rings. The van der Waals surface area contributed by atoms with Crippen molar-refractivity contribution in [3.05, 3.63) is 35.1 Å². The summed E-state index contributed by atoms with van der Waals surface area (Å²) in [5.74, 6) is 0.903. The Morgan fingerprint density at radius 1 is 1.45 bits per heavy atom. The summed E-state index contributed by atoms with van der Waals surface area (Å²) in [6.45, 7) is 4.07. The standard InChI is InChI=1S/C14H18ClN5O2/c1-10-14-16-6-12(9-22-2)20(14)4-3-19(10)13(21)8-18-7-11(15)5-17-18/h5-7,10H,3-4,8-9H2,1-2H3. The zero-order valence-electron chi connectivity index (χ0n) is 12.6. The second-order valence-electron chi connectivity index (χ2n) is 5.31. The van der Waals surface area contributed by atoms with Crippen LogP contribution in [0.4, 0.5) is 0 Å². The number of hydrogen-bond donors (Lipinski definition) is 0. The molecule has 0 aromatic carbocycles. The van der Waals surface area contributed by atoms with Crippen LogP contribution in [0.2, 0.25) is 5.02 Å². The topological polar surface area (TPSA) is 65.2 Å². The van der Waals surface area contributed by atoms with Gasteiger partial charge in [-0.15, -0.1) is 0 Å². The monoisotopic (exact) mass is 323 g/mol. The third-order valence-corrected chi connectivity index (χ3v) is 4.08. The van der Waals surface area contributed by atoms with Gasteiger partial charge in [-0.3, -0.25) is 9.48 Å². The van der Waals surface area contributed by atoms with Crippen molar-refractivity contribution < 1.29 is 9.53 Å². The maximum Gasteiger partial charge on any atom is 0.244 e. The Balaban J connectivity index is 1.74. The molecule has 0 bridgehead atoms. The average molecular weight is 324 g/mol. The summed E-state index contributed by atoms with van der Waals surface area (Å²) in [7, 11) is 1.66. The Labute approximate surface area is 133 Å². The molecule has 3 heterocycles. The highest BCUT2D eigenvalue weighted by molar-refractivity contribution is 6.30. The molecule has 1 unspecified atom stereocenters. The molecule has 0 N–H and O–H groups in total. The molecule has 8 heteroatoms. The Morgan fingerprint density at radius 3 is 2.95 bits per heavy atom. The number of carbonyl (C=O) groups is 1. The zero-order chi connectivity index (χ0) is 15.7. The molecule has 1 aliphatic heterocycles. The number of ether oxygens (including phenoxy) is 1. The molecule has 1 atom stereocenters. The lowest BCUT2D eigenvalue weighted by molar-refractivity contribution is -0.135. The van der Waals surface area contributed by atoms with Crippen LogP contribution in [-0.4, -0.2) is 43.8 Å². The van der Waals surface area contributed by atoms with Gasteiger partial charge in [0.25, 0.3) is 0 Å². The van der Waals surface area contributed by atoms with E-state index in [-0.39, 0.29) is 18.5 Å². The van der Waals surface area contributed by atoms with Gasteiger partial charge < -0.3 is 14.2 Å². The Hall–Kier alpha value is -1.86. The molecule has 2 aromatic rings. The number of nitrogens with zero attached hydrogens (tertiary/aromatic N) is 5. The number of imidazole rings is 1. The predicted octanol–water partition coefficient (Wildman–Crippen LogP) is 1.48. The molecule has 118 valence electrons. The van der Waals surface area contributed by atoms with Crippen LogP contribution in [0.5, 0.6) is 0 Å². The van der Waals surface area contributed by atoms with Crippen LogP contribution in [0.1, 0.15) is 24.5 Å². The van der Waals surface area contributed by atoms with Crippen LogP contribution < -0.4 is 0 Å². The number of amides is 1. The summed E-state index contributed by atoms with van der Waals surface area (Å²) in [5, 5.41) is 4.58. The third-order valence-electron chi connectivity index (χ3n) is 3.89. The molecule has 22 heavy (non-hydrogen) atoms. The first-order valence-electron chi connectivity index (χ1n) is 7.11. The summed E-state index contributed by atoms with van der Waals surface area (Å²) in [4.78, 5) is 18.8. The van der Waals surface area contributed by atoms with E-state index in [9.17, 15) is 4.79 Å². The molecule has 0 fully saturated rings. The third kappa shape index (κ3) is 2.74. The Bertz CT molecular complexity index is 681. The largest absolute Gasteiger partial charge is 0.378 e. The van der Waals surface area contributed by atoms with Crippen LogP contribution in [-0.2, 0) is 29.2 Å². The highest BCUT2D eigenvalue weighted by Crippen LogP contribution is 2.25. The van der Waals surface area contributed by atoms with E-state index in [2.05, 4.69) is 14.6 Å². The maximum atomic E-state index is 12.5. The van der Waals surface area contributed by atoms with Crippen LogP contribution in [0.3, 0.4) is 0 Å². The number of fused-ring (bicyclic) bond motifs is 1. The van der Waals surface area contributed by atoms with Gasteiger partial charge in [-0.2, -0.15) is 5.10 Å². The predicted molar refractivity (Wildman–Crippen MR) is 80.3 cm³/mol. The van der Waals surface area contributed by atoms with Crippen molar-refractivity contribution in [2.45, 2.75) is 32.7 Å². The quantitative estimate of drug-likeness (QED) is 0.855. The van der Waals surface area contributed by atoms with Crippen molar-refractivity contribution in [3.63, 3.8) is 0 Å². The van der Waals surface area contributed by atoms with Gasteiger partial charge >= 0.3 is 0 Å². The number of aromatic nitrogens is 4. The van der Waals surface area contributed by atoms with E-state index in [1.54, 1.807) is 18.0 Å². The van der Waals surface area contributed by atoms with Gasteiger partial charge in [-0.05, 0) is 6.92 Å². The molecule has 0 saturated carbocycles. The molecule has 7 nitrogen and oxygen atoms in total. The fourth-order valence-electron chi connectivity index (χ4n) is 2.82. The lowest BCUT2D eigenvalue weighted by Crippen LogP contribution is -2.43. The number of methoxy groups -OCH3 is 1. The highest BCUT2D eigenvalue weighted by Gasteiger charge is 2.30. The van der Waals surface area contributed by atoms with E-state index in [0.29, 0.717) is 18.2 Å². The molecule has 0 spiro atoms. The summed E-state index contributed by atoms with van der Waals surface area (Å²) in [5.41, 5.74) is 1.04. The second-order valence-corrected chi connectivity index (χ2v) is 5.75. The lowest BCUT2D eigenvalue weighted by atomic mass is 10.2. The fourth-order valence-corrected chi connectivity index (χ4v) is 2.97. The zero-order valence-corrected chi connectivity index (χ0v) is 13.3. The number of halogens is 1. The van der Waals surface area contributed by atoms with Gasteiger partial charge in [0.05, 0.1) is 35.8 Å². The Kier molecular flexibility index (Phi) is 4.17. The van der Waals surface area contributed by atoms with Crippen molar-refractivity contribution in [1.82, 2.24) is 24.2 Å².